The van der Waals surface area contributed by atoms with Gasteiger partial charge in [-0.05, 0) is 30.3 Å². The second-order valence-corrected chi connectivity index (χ2v) is 5.68. The zero-order valence-corrected chi connectivity index (χ0v) is 13.1. The molecule has 0 aromatic heterocycles. The van der Waals surface area contributed by atoms with Crippen molar-refractivity contribution >= 4 is 22.5 Å². The summed E-state index contributed by atoms with van der Waals surface area (Å²) in [6, 6.07) is 14.4. The van der Waals surface area contributed by atoms with Crippen molar-refractivity contribution in [3.8, 4) is 5.75 Å². The van der Waals surface area contributed by atoms with E-state index in [2.05, 4.69) is 30.9 Å². The number of ether oxygens (including phenoxy) is 1. The Hall–Kier alpha value is -1.71. The second-order valence-electron chi connectivity index (χ2n) is 4.64. The van der Waals surface area contributed by atoms with E-state index >= 15 is 0 Å². The zero-order chi connectivity index (χ0) is 15.1. The molecule has 0 amide bonds. The maximum absolute atomic E-state index is 6.26. The summed E-state index contributed by atoms with van der Waals surface area (Å²) in [5, 5.41) is 4.13. The number of fused-ring (bicyclic) bond motifs is 1. The summed E-state index contributed by atoms with van der Waals surface area (Å²) in [6.07, 6.45) is 2.82. The third kappa shape index (κ3) is 3.90. The van der Waals surface area contributed by atoms with Crippen molar-refractivity contribution in [1.82, 2.24) is 0 Å². The summed E-state index contributed by atoms with van der Waals surface area (Å²) < 4.78 is 6.26. The van der Waals surface area contributed by atoms with Crippen LogP contribution in [-0.2, 0) is 0 Å². The largest absolute Gasteiger partial charge is 0.485 e. The quantitative estimate of drug-likeness (QED) is 0.803. The van der Waals surface area contributed by atoms with E-state index in [0.29, 0.717) is 6.54 Å². The molecule has 2 aromatic carbocycles. The van der Waals surface area contributed by atoms with Crippen LogP contribution in [-0.4, -0.2) is 12.6 Å². The predicted molar refractivity (Wildman–Crippen MR) is 93.6 cm³/mol. The number of rotatable bonds is 7. The second kappa shape index (κ2) is 7.91. The van der Waals surface area contributed by atoms with Gasteiger partial charge >= 0.3 is 0 Å². The minimum Gasteiger partial charge on any atom is -0.485 e. The summed E-state index contributed by atoms with van der Waals surface area (Å²) in [5.74, 6) is 0.899. The number of thioether (sulfide) groups is 1. The third-order valence-corrected chi connectivity index (χ3v) is 4.21. The van der Waals surface area contributed by atoms with E-state index in [1.165, 1.54) is 5.39 Å². The molecule has 2 nitrogen and oxygen atoms in total. The molecular weight excluding hydrogens is 278 g/mol. The smallest absolute Gasteiger partial charge is 0.131 e. The molecule has 21 heavy (non-hydrogen) atoms. The van der Waals surface area contributed by atoms with Crippen molar-refractivity contribution in [3.63, 3.8) is 0 Å². The number of benzene rings is 2. The molecule has 0 saturated carbocycles. The molecule has 0 heterocycles. The van der Waals surface area contributed by atoms with Gasteiger partial charge in [-0.2, -0.15) is 0 Å². The average molecular weight is 299 g/mol. The standard InChI is InChI=1S/C18H21NOS/c1-3-18(21-4-2)17(12-13-19)20-16-11-7-9-14-8-5-6-10-15(14)16/h3-11,17H,2,12-13,19H2,1H3/b18-3-. The van der Waals surface area contributed by atoms with Gasteiger partial charge in [0.25, 0.3) is 0 Å². The fourth-order valence-corrected chi connectivity index (χ4v) is 2.93. The molecule has 0 radical (unpaired) electrons. The Labute approximate surface area is 130 Å². The van der Waals surface area contributed by atoms with E-state index in [4.69, 9.17) is 10.5 Å². The summed E-state index contributed by atoms with van der Waals surface area (Å²) in [5.41, 5.74) is 5.74. The van der Waals surface area contributed by atoms with Crippen LogP contribution in [0.2, 0.25) is 0 Å². The normalized spacial score (nSPS) is 13.1. The van der Waals surface area contributed by atoms with Gasteiger partial charge in [-0.1, -0.05) is 60.8 Å². The molecule has 0 aliphatic heterocycles. The Morgan fingerprint density at radius 1 is 1.29 bits per heavy atom. The lowest BCUT2D eigenvalue weighted by Crippen LogP contribution is -2.22. The molecule has 0 saturated heterocycles. The highest BCUT2D eigenvalue weighted by Crippen LogP contribution is 2.30. The van der Waals surface area contributed by atoms with Gasteiger partial charge in [0.1, 0.15) is 11.9 Å². The highest BCUT2D eigenvalue weighted by atomic mass is 32.2. The summed E-state index contributed by atoms with van der Waals surface area (Å²) in [6.45, 7) is 6.39. The van der Waals surface area contributed by atoms with Gasteiger partial charge in [-0.15, -0.1) is 0 Å². The van der Waals surface area contributed by atoms with Gasteiger partial charge in [-0.25, -0.2) is 0 Å². The van der Waals surface area contributed by atoms with E-state index in [9.17, 15) is 0 Å². The van der Waals surface area contributed by atoms with Gasteiger partial charge in [-0.3, -0.25) is 0 Å². The number of allylic oxidation sites excluding steroid dienone is 1. The SMILES string of the molecule is C=CS/C(=C\C)C(CCN)Oc1cccc2ccccc12. The van der Waals surface area contributed by atoms with Gasteiger partial charge in [0.05, 0.1) is 0 Å². The Kier molecular flexibility index (Phi) is 5.90. The molecule has 0 aliphatic rings. The summed E-state index contributed by atoms with van der Waals surface area (Å²) in [4.78, 5) is 1.14. The van der Waals surface area contributed by atoms with Gasteiger partial charge in [0.15, 0.2) is 0 Å². The fraction of sp³-hybridized carbons (Fsp3) is 0.222. The topological polar surface area (TPSA) is 35.2 Å². The third-order valence-electron chi connectivity index (χ3n) is 3.27. The molecule has 2 rings (SSSR count). The lowest BCUT2D eigenvalue weighted by molar-refractivity contribution is 0.240. The lowest BCUT2D eigenvalue weighted by atomic mass is 10.1. The highest BCUT2D eigenvalue weighted by Gasteiger charge is 2.16. The molecule has 0 spiro atoms. The highest BCUT2D eigenvalue weighted by molar-refractivity contribution is 8.05. The minimum absolute atomic E-state index is 0.0335. The zero-order valence-electron chi connectivity index (χ0n) is 12.3. The first kappa shape index (κ1) is 15.7. The van der Waals surface area contributed by atoms with Crippen molar-refractivity contribution in [2.75, 3.05) is 6.54 Å². The van der Waals surface area contributed by atoms with Crippen molar-refractivity contribution in [2.45, 2.75) is 19.4 Å². The fourth-order valence-electron chi connectivity index (χ4n) is 2.29. The van der Waals surface area contributed by atoms with Crippen molar-refractivity contribution < 1.29 is 4.74 Å². The Balaban J connectivity index is 2.32. The van der Waals surface area contributed by atoms with Gasteiger partial charge in [0, 0.05) is 16.7 Å². The van der Waals surface area contributed by atoms with E-state index in [1.807, 2.05) is 36.6 Å². The summed E-state index contributed by atoms with van der Waals surface area (Å²) >= 11 is 1.59. The van der Waals surface area contributed by atoms with Crippen LogP contribution in [0.1, 0.15) is 13.3 Å². The predicted octanol–water partition coefficient (Wildman–Crippen LogP) is 4.72. The van der Waals surface area contributed by atoms with Gasteiger partial charge < -0.3 is 10.5 Å². The van der Waals surface area contributed by atoms with Crippen LogP contribution in [0.3, 0.4) is 0 Å². The van der Waals surface area contributed by atoms with Crippen molar-refractivity contribution in [1.29, 1.82) is 0 Å². The maximum Gasteiger partial charge on any atom is 0.131 e. The number of hydrogen-bond acceptors (Lipinski definition) is 3. The van der Waals surface area contributed by atoms with E-state index in [-0.39, 0.29) is 6.10 Å². The molecule has 1 unspecified atom stereocenters. The molecular formula is C18H21NOS. The molecule has 2 aromatic rings. The maximum atomic E-state index is 6.26. The van der Waals surface area contributed by atoms with Crippen LogP contribution in [0.25, 0.3) is 10.8 Å². The van der Waals surface area contributed by atoms with Crippen molar-refractivity contribution in [3.05, 3.63) is 65.4 Å². The summed E-state index contributed by atoms with van der Waals surface area (Å²) in [7, 11) is 0. The van der Waals surface area contributed by atoms with Crippen LogP contribution in [0.4, 0.5) is 0 Å². The first-order valence-electron chi connectivity index (χ1n) is 7.08. The van der Waals surface area contributed by atoms with E-state index in [1.54, 1.807) is 11.8 Å². The average Bonchev–Trinajstić information content (AvgIpc) is 2.52. The molecule has 2 N–H and O–H groups in total. The van der Waals surface area contributed by atoms with E-state index in [0.717, 1.165) is 22.5 Å². The Morgan fingerprint density at radius 2 is 2.05 bits per heavy atom. The van der Waals surface area contributed by atoms with Crippen molar-refractivity contribution in [2.24, 2.45) is 5.73 Å². The monoisotopic (exact) mass is 299 g/mol. The Morgan fingerprint density at radius 3 is 2.76 bits per heavy atom. The van der Waals surface area contributed by atoms with Crippen LogP contribution >= 0.6 is 11.8 Å². The molecule has 1 atom stereocenters. The first-order valence-corrected chi connectivity index (χ1v) is 7.96. The lowest BCUT2D eigenvalue weighted by Gasteiger charge is -2.21. The van der Waals surface area contributed by atoms with Crippen LogP contribution in [0, 0.1) is 0 Å². The molecule has 0 fully saturated rings. The molecule has 3 heteroatoms. The van der Waals surface area contributed by atoms with Gasteiger partial charge in [0.2, 0.25) is 0 Å². The molecule has 0 aliphatic carbocycles. The van der Waals surface area contributed by atoms with Crippen LogP contribution in [0.5, 0.6) is 5.75 Å². The Bertz CT molecular complexity index is 631. The van der Waals surface area contributed by atoms with Crippen LogP contribution < -0.4 is 10.5 Å². The first-order chi connectivity index (χ1) is 10.3. The molecule has 110 valence electrons. The molecule has 0 bridgehead atoms. The minimum atomic E-state index is -0.0335. The number of hydrogen-bond donors (Lipinski definition) is 1. The van der Waals surface area contributed by atoms with E-state index < -0.39 is 0 Å². The number of nitrogens with two attached hydrogens (primary N) is 1. The van der Waals surface area contributed by atoms with Crippen LogP contribution in [0.15, 0.2) is 65.4 Å².